The molecule has 1 N–H and O–H groups in total. The molecule has 0 saturated carbocycles. The maximum atomic E-state index is 5.94. The SMILES string of the molecule is CC(NCc1nnn(C)n1)c1cccc(Cl)c1. The van der Waals surface area contributed by atoms with E-state index in [1.165, 1.54) is 4.80 Å². The zero-order valence-electron chi connectivity index (χ0n) is 9.76. The molecule has 1 unspecified atom stereocenters. The molecule has 17 heavy (non-hydrogen) atoms. The summed E-state index contributed by atoms with van der Waals surface area (Å²) in [6, 6.07) is 7.98. The third kappa shape index (κ3) is 3.25. The second-order valence-corrected chi connectivity index (χ2v) is 4.29. The van der Waals surface area contributed by atoms with Crippen molar-refractivity contribution in [3.8, 4) is 0 Å². The maximum Gasteiger partial charge on any atom is 0.188 e. The van der Waals surface area contributed by atoms with Gasteiger partial charge >= 0.3 is 0 Å². The van der Waals surface area contributed by atoms with Crippen LogP contribution in [0.15, 0.2) is 24.3 Å². The lowest BCUT2D eigenvalue weighted by Crippen LogP contribution is -2.19. The van der Waals surface area contributed by atoms with E-state index < -0.39 is 0 Å². The minimum Gasteiger partial charge on any atom is -0.303 e. The quantitative estimate of drug-likeness (QED) is 0.899. The topological polar surface area (TPSA) is 55.6 Å². The van der Waals surface area contributed by atoms with Gasteiger partial charge in [0.1, 0.15) is 0 Å². The van der Waals surface area contributed by atoms with Crippen molar-refractivity contribution in [2.24, 2.45) is 7.05 Å². The number of hydrogen-bond donors (Lipinski definition) is 1. The van der Waals surface area contributed by atoms with Crippen molar-refractivity contribution in [2.75, 3.05) is 0 Å². The Morgan fingerprint density at radius 2 is 2.29 bits per heavy atom. The van der Waals surface area contributed by atoms with Gasteiger partial charge in [-0.05, 0) is 29.8 Å². The second kappa shape index (κ2) is 5.25. The highest BCUT2D eigenvalue weighted by Gasteiger charge is 2.07. The van der Waals surface area contributed by atoms with Crippen LogP contribution in [0.5, 0.6) is 0 Å². The fraction of sp³-hybridized carbons (Fsp3) is 0.364. The van der Waals surface area contributed by atoms with Crippen LogP contribution in [-0.2, 0) is 13.6 Å². The Hall–Kier alpha value is -1.46. The van der Waals surface area contributed by atoms with Crippen LogP contribution in [0.1, 0.15) is 24.4 Å². The van der Waals surface area contributed by atoms with Crippen molar-refractivity contribution in [2.45, 2.75) is 19.5 Å². The Labute approximate surface area is 105 Å². The van der Waals surface area contributed by atoms with Gasteiger partial charge < -0.3 is 5.32 Å². The van der Waals surface area contributed by atoms with E-state index in [2.05, 4.69) is 27.7 Å². The first-order chi connectivity index (χ1) is 8.15. The van der Waals surface area contributed by atoms with E-state index in [0.717, 1.165) is 10.6 Å². The highest BCUT2D eigenvalue weighted by Crippen LogP contribution is 2.17. The molecule has 6 heteroatoms. The fourth-order valence-electron chi connectivity index (χ4n) is 1.53. The van der Waals surface area contributed by atoms with Gasteiger partial charge in [0.25, 0.3) is 0 Å². The third-order valence-electron chi connectivity index (χ3n) is 2.46. The van der Waals surface area contributed by atoms with Crippen LogP contribution in [0, 0.1) is 0 Å². The lowest BCUT2D eigenvalue weighted by atomic mass is 10.1. The van der Waals surface area contributed by atoms with Gasteiger partial charge in [-0.15, -0.1) is 10.2 Å². The molecule has 0 amide bonds. The van der Waals surface area contributed by atoms with Crippen molar-refractivity contribution >= 4 is 11.6 Å². The number of halogens is 1. The number of tetrazole rings is 1. The minimum atomic E-state index is 0.192. The van der Waals surface area contributed by atoms with Crippen molar-refractivity contribution < 1.29 is 0 Å². The number of hydrogen-bond acceptors (Lipinski definition) is 4. The first kappa shape index (κ1) is 12.0. The number of aryl methyl sites for hydroxylation is 1. The van der Waals surface area contributed by atoms with Gasteiger partial charge in [-0.1, -0.05) is 23.7 Å². The molecule has 1 heterocycles. The average molecular weight is 252 g/mol. The summed E-state index contributed by atoms with van der Waals surface area (Å²) in [5.41, 5.74) is 1.14. The average Bonchev–Trinajstić information content (AvgIpc) is 2.72. The lowest BCUT2D eigenvalue weighted by Gasteiger charge is -2.12. The van der Waals surface area contributed by atoms with Crippen molar-refractivity contribution in [1.82, 2.24) is 25.5 Å². The number of rotatable bonds is 4. The van der Waals surface area contributed by atoms with Crippen molar-refractivity contribution in [3.63, 3.8) is 0 Å². The third-order valence-corrected chi connectivity index (χ3v) is 2.70. The normalized spacial score (nSPS) is 12.6. The summed E-state index contributed by atoms with van der Waals surface area (Å²) in [5.74, 6) is 0.682. The molecule has 0 saturated heterocycles. The lowest BCUT2D eigenvalue weighted by molar-refractivity contribution is 0.555. The van der Waals surface area contributed by atoms with E-state index in [9.17, 15) is 0 Å². The molecule has 90 valence electrons. The molecule has 1 aromatic heterocycles. The summed E-state index contributed by atoms with van der Waals surface area (Å²) in [6.07, 6.45) is 0. The Kier molecular flexibility index (Phi) is 3.71. The summed E-state index contributed by atoms with van der Waals surface area (Å²) in [5, 5.41) is 15.9. The standard InChI is InChI=1S/C11H14ClN5/c1-8(9-4-3-5-10(12)6-9)13-7-11-14-16-17(2)15-11/h3-6,8,13H,7H2,1-2H3. The first-order valence-electron chi connectivity index (χ1n) is 5.37. The molecule has 1 aromatic carbocycles. The van der Waals surface area contributed by atoms with Crippen LogP contribution >= 0.6 is 11.6 Å². The molecule has 0 radical (unpaired) electrons. The van der Waals surface area contributed by atoms with Gasteiger partial charge in [0.15, 0.2) is 5.82 Å². The Bertz CT molecular complexity index is 496. The van der Waals surface area contributed by atoms with Crippen LogP contribution < -0.4 is 5.32 Å². The summed E-state index contributed by atoms with van der Waals surface area (Å²) in [7, 11) is 1.75. The van der Waals surface area contributed by atoms with Gasteiger partial charge in [-0.25, -0.2) is 0 Å². The molecule has 2 aromatic rings. The van der Waals surface area contributed by atoms with E-state index in [1.807, 2.05) is 24.3 Å². The van der Waals surface area contributed by atoms with E-state index in [0.29, 0.717) is 12.4 Å². The van der Waals surface area contributed by atoms with Gasteiger partial charge in [-0.2, -0.15) is 4.80 Å². The van der Waals surface area contributed by atoms with Crippen LogP contribution in [0.2, 0.25) is 5.02 Å². The number of nitrogens with one attached hydrogen (secondary N) is 1. The fourth-order valence-corrected chi connectivity index (χ4v) is 1.73. The van der Waals surface area contributed by atoms with E-state index in [-0.39, 0.29) is 6.04 Å². The van der Waals surface area contributed by atoms with E-state index >= 15 is 0 Å². The second-order valence-electron chi connectivity index (χ2n) is 3.85. The van der Waals surface area contributed by atoms with Gasteiger partial charge in [0.2, 0.25) is 0 Å². The highest BCUT2D eigenvalue weighted by atomic mass is 35.5. The summed E-state index contributed by atoms with van der Waals surface area (Å²) in [4.78, 5) is 1.45. The molecule has 0 bridgehead atoms. The molecule has 0 spiro atoms. The van der Waals surface area contributed by atoms with Crippen LogP contribution in [0.4, 0.5) is 0 Å². The first-order valence-corrected chi connectivity index (χ1v) is 5.74. The predicted octanol–water partition coefficient (Wildman–Crippen LogP) is 1.71. The monoisotopic (exact) mass is 251 g/mol. The van der Waals surface area contributed by atoms with Crippen LogP contribution in [0.3, 0.4) is 0 Å². The largest absolute Gasteiger partial charge is 0.303 e. The summed E-state index contributed by atoms with van der Waals surface area (Å²) < 4.78 is 0. The molecule has 0 aliphatic heterocycles. The van der Waals surface area contributed by atoms with Gasteiger partial charge in [0.05, 0.1) is 13.6 Å². The van der Waals surface area contributed by atoms with Gasteiger partial charge in [-0.3, -0.25) is 0 Å². The number of benzene rings is 1. The Morgan fingerprint density at radius 3 is 2.94 bits per heavy atom. The zero-order valence-corrected chi connectivity index (χ0v) is 10.5. The van der Waals surface area contributed by atoms with Crippen LogP contribution in [0.25, 0.3) is 0 Å². The molecular weight excluding hydrogens is 238 g/mol. The molecule has 1 atom stereocenters. The Balaban J connectivity index is 1.95. The highest BCUT2D eigenvalue weighted by molar-refractivity contribution is 6.30. The summed E-state index contributed by atoms with van der Waals surface area (Å²) in [6.45, 7) is 2.66. The smallest absolute Gasteiger partial charge is 0.188 e. The van der Waals surface area contributed by atoms with Crippen molar-refractivity contribution in [1.29, 1.82) is 0 Å². The molecule has 0 fully saturated rings. The predicted molar refractivity (Wildman–Crippen MR) is 65.5 cm³/mol. The molecular formula is C11H14ClN5. The zero-order chi connectivity index (χ0) is 12.3. The Morgan fingerprint density at radius 1 is 1.47 bits per heavy atom. The van der Waals surface area contributed by atoms with Crippen molar-refractivity contribution in [3.05, 3.63) is 40.7 Å². The summed E-state index contributed by atoms with van der Waals surface area (Å²) >= 11 is 5.94. The molecule has 0 aliphatic rings. The van der Waals surface area contributed by atoms with E-state index in [4.69, 9.17) is 11.6 Å². The number of aromatic nitrogens is 4. The minimum absolute atomic E-state index is 0.192. The van der Waals surface area contributed by atoms with E-state index in [1.54, 1.807) is 7.05 Å². The van der Waals surface area contributed by atoms with Crippen LogP contribution in [-0.4, -0.2) is 20.2 Å². The van der Waals surface area contributed by atoms with Gasteiger partial charge in [0, 0.05) is 11.1 Å². The maximum absolute atomic E-state index is 5.94. The molecule has 2 rings (SSSR count). The number of nitrogens with zero attached hydrogens (tertiary/aromatic N) is 4. The molecule has 0 aliphatic carbocycles. The molecule has 5 nitrogen and oxygen atoms in total.